The molecule has 0 unspecified atom stereocenters. The molecule has 0 bridgehead atoms. The third-order valence-electron chi connectivity index (χ3n) is 5.10. The van der Waals surface area contributed by atoms with Crippen molar-refractivity contribution in [3.05, 3.63) is 77.8 Å². The highest BCUT2D eigenvalue weighted by molar-refractivity contribution is 5.76. The predicted molar refractivity (Wildman–Crippen MR) is 106 cm³/mol. The number of hydrogen-bond donors (Lipinski definition) is 0. The fourth-order valence-electron chi connectivity index (χ4n) is 3.65. The molecule has 5 nitrogen and oxygen atoms in total. The van der Waals surface area contributed by atoms with Gasteiger partial charge in [-0.25, -0.2) is 13.8 Å². The van der Waals surface area contributed by atoms with E-state index in [-0.39, 0.29) is 48.2 Å². The van der Waals surface area contributed by atoms with Crippen LogP contribution in [0, 0.1) is 11.6 Å². The Hall–Kier alpha value is -3.06. The van der Waals surface area contributed by atoms with Gasteiger partial charge < -0.3 is 14.1 Å². The number of halogens is 2. The second-order valence-electron chi connectivity index (χ2n) is 7.36. The normalized spacial score (nSPS) is 19.1. The molecule has 2 heterocycles. The fraction of sp³-hybridized carbons (Fsp3) is 0.304. The van der Waals surface area contributed by atoms with Crippen LogP contribution in [0.15, 0.2) is 59.1 Å². The van der Waals surface area contributed by atoms with Gasteiger partial charge in [-0.1, -0.05) is 36.4 Å². The third-order valence-corrected chi connectivity index (χ3v) is 5.10. The van der Waals surface area contributed by atoms with E-state index in [0.29, 0.717) is 13.1 Å². The molecule has 7 heteroatoms. The van der Waals surface area contributed by atoms with Gasteiger partial charge in [0.15, 0.2) is 11.7 Å². The first-order chi connectivity index (χ1) is 14.5. The number of carbonyl (C=O) groups excluding carboxylic acids is 1. The number of hydrogen-bond acceptors (Lipinski definition) is 4. The van der Waals surface area contributed by atoms with Gasteiger partial charge in [0.05, 0.1) is 24.4 Å². The van der Waals surface area contributed by atoms with Crippen LogP contribution < -0.4 is 0 Å². The lowest BCUT2D eigenvalue weighted by Crippen LogP contribution is -2.46. The maximum absolute atomic E-state index is 13.9. The van der Waals surface area contributed by atoms with Gasteiger partial charge in [0, 0.05) is 19.4 Å². The van der Waals surface area contributed by atoms with Gasteiger partial charge in [-0.15, -0.1) is 0 Å². The number of ether oxygens (including phenoxy) is 1. The molecule has 0 aliphatic carbocycles. The summed E-state index contributed by atoms with van der Waals surface area (Å²) in [4.78, 5) is 18.6. The highest BCUT2D eigenvalue weighted by Gasteiger charge is 2.29. The summed E-state index contributed by atoms with van der Waals surface area (Å²) >= 11 is 0. The van der Waals surface area contributed by atoms with E-state index in [9.17, 15) is 13.6 Å². The molecule has 4 rings (SSSR count). The standard InChI is InChI=1S/C23H22F2N2O3/c1-15-13-27(14-20(29-15)16-6-3-2-4-7-16)22(28)11-10-21-26-12-19(30-21)23-17(24)8-5-9-18(23)25/h2-9,12,15,20H,10-11,13-14H2,1H3/t15-,20-/m0/s1. The van der Waals surface area contributed by atoms with Crippen LogP contribution in [0.25, 0.3) is 11.3 Å². The molecule has 0 saturated carbocycles. The summed E-state index contributed by atoms with van der Waals surface area (Å²) in [5.41, 5.74) is 0.779. The summed E-state index contributed by atoms with van der Waals surface area (Å²) in [6.07, 6.45) is 1.47. The van der Waals surface area contributed by atoms with Gasteiger partial charge >= 0.3 is 0 Å². The minimum absolute atomic E-state index is 0.0113. The molecule has 0 radical (unpaired) electrons. The van der Waals surface area contributed by atoms with E-state index >= 15 is 0 Å². The summed E-state index contributed by atoms with van der Waals surface area (Å²) in [5, 5.41) is 0. The molecular weight excluding hydrogens is 390 g/mol. The summed E-state index contributed by atoms with van der Waals surface area (Å²) in [6.45, 7) is 2.93. The number of aromatic nitrogens is 1. The van der Waals surface area contributed by atoms with Crippen molar-refractivity contribution in [2.75, 3.05) is 13.1 Å². The Balaban J connectivity index is 1.39. The van der Waals surface area contributed by atoms with E-state index in [1.807, 2.05) is 37.3 Å². The van der Waals surface area contributed by atoms with Crippen molar-refractivity contribution >= 4 is 5.91 Å². The molecule has 2 atom stereocenters. The zero-order valence-corrected chi connectivity index (χ0v) is 16.6. The molecule has 1 aliphatic rings. The minimum Gasteiger partial charge on any atom is -0.441 e. The lowest BCUT2D eigenvalue weighted by molar-refractivity contribution is -0.144. The van der Waals surface area contributed by atoms with Gasteiger partial charge in [-0.3, -0.25) is 4.79 Å². The molecule has 1 aromatic heterocycles. The predicted octanol–water partition coefficient (Wildman–Crippen LogP) is 4.54. The zero-order chi connectivity index (χ0) is 21.1. The highest BCUT2D eigenvalue weighted by atomic mass is 19.1. The molecule has 156 valence electrons. The van der Waals surface area contributed by atoms with Crippen LogP contribution in [0.3, 0.4) is 0 Å². The number of aryl methyl sites for hydroxylation is 1. The quantitative estimate of drug-likeness (QED) is 0.617. The molecule has 3 aromatic rings. The average molecular weight is 412 g/mol. The number of rotatable bonds is 5. The minimum atomic E-state index is -0.719. The summed E-state index contributed by atoms with van der Waals surface area (Å²) in [5.74, 6) is -1.20. The Bertz CT molecular complexity index is 1000. The molecular formula is C23H22F2N2O3. The van der Waals surface area contributed by atoms with Crippen LogP contribution in [0.2, 0.25) is 0 Å². The molecule has 1 saturated heterocycles. The molecule has 0 spiro atoms. The number of nitrogens with zero attached hydrogens (tertiary/aromatic N) is 2. The Morgan fingerprint density at radius 1 is 1.10 bits per heavy atom. The summed E-state index contributed by atoms with van der Waals surface area (Å²) in [6, 6.07) is 13.4. The topological polar surface area (TPSA) is 55.6 Å². The number of amides is 1. The molecule has 30 heavy (non-hydrogen) atoms. The largest absolute Gasteiger partial charge is 0.441 e. The maximum Gasteiger partial charge on any atom is 0.223 e. The van der Waals surface area contributed by atoms with Crippen LogP contribution >= 0.6 is 0 Å². The van der Waals surface area contributed by atoms with Crippen molar-refractivity contribution in [2.45, 2.75) is 32.0 Å². The first-order valence-corrected chi connectivity index (χ1v) is 9.88. The van der Waals surface area contributed by atoms with Crippen LogP contribution in [0.5, 0.6) is 0 Å². The first kappa shape index (κ1) is 20.2. The summed E-state index contributed by atoms with van der Waals surface area (Å²) in [7, 11) is 0. The van der Waals surface area contributed by atoms with Gasteiger partial charge in [0.2, 0.25) is 5.91 Å². The van der Waals surface area contributed by atoms with E-state index in [1.165, 1.54) is 12.3 Å². The monoisotopic (exact) mass is 412 g/mol. The molecule has 1 aliphatic heterocycles. The zero-order valence-electron chi connectivity index (χ0n) is 16.6. The second-order valence-corrected chi connectivity index (χ2v) is 7.36. The lowest BCUT2D eigenvalue weighted by atomic mass is 10.1. The van der Waals surface area contributed by atoms with Crippen molar-refractivity contribution in [1.29, 1.82) is 0 Å². The van der Waals surface area contributed by atoms with Gasteiger partial charge in [0.1, 0.15) is 17.7 Å². The van der Waals surface area contributed by atoms with Crippen molar-refractivity contribution in [3.63, 3.8) is 0 Å². The first-order valence-electron chi connectivity index (χ1n) is 9.88. The number of carbonyl (C=O) groups is 1. The van der Waals surface area contributed by atoms with E-state index in [0.717, 1.165) is 17.7 Å². The van der Waals surface area contributed by atoms with E-state index in [1.54, 1.807) is 4.90 Å². The Kier molecular flexibility index (Phi) is 5.90. The maximum atomic E-state index is 13.9. The number of benzene rings is 2. The second kappa shape index (κ2) is 8.75. The smallest absolute Gasteiger partial charge is 0.223 e. The van der Waals surface area contributed by atoms with Gasteiger partial charge in [-0.2, -0.15) is 0 Å². The van der Waals surface area contributed by atoms with Crippen molar-refractivity contribution in [2.24, 2.45) is 0 Å². The molecule has 1 amide bonds. The molecule has 1 fully saturated rings. The fourth-order valence-corrected chi connectivity index (χ4v) is 3.65. The SMILES string of the molecule is C[C@H]1CN(C(=O)CCc2ncc(-c3c(F)cccc3F)o2)C[C@@H](c2ccccc2)O1. The summed E-state index contributed by atoms with van der Waals surface area (Å²) < 4.78 is 39.3. The van der Waals surface area contributed by atoms with E-state index < -0.39 is 11.6 Å². The molecule has 2 aromatic carbocycles. The van der Waals surface area contributed by atoms with E-state index in [4.69, 9.17) is 9.15 Å². The lowest BCUT2D eigenvalue weighted by Gasteiger charge is -2.37. The Labute approximate surface area is 173 Å². The van der Waals surface area contributed by atoms with Crippen molar-refractivity contribution < 1.29 is 22.7 Å². The van der Waals surface area contributed by atoms with Gasteiger partial charge in [-0.05, 0) is 24.6 Å². The third kappa shape index (κ3) is 4.41. The van der Waals surface area contributed by atoms with E-state index in [2.05, 4.69) is 4.98 Å². The molecule has 0 N–H and O–H groups in total. The van der Waals surface area contributed by atoms with Crippen molar-refractivity contribution in [3.8, 4) is 11.3 Å². The van der Waals surface area contributed by atoms with Crippen molar-refractivity contribution in [1.82, 2.24) is 9.88 Å². The van der Waals surface area contributed by atoms with Crippen LogP contribution in [-0.2, 0) is 16.0 Å². The highest BCUT2D eigenvalue weighted by Crippen LogP contribution is 2.28. The van der Waals surface area contributed by atoms with Crippen LogP contribution in [-0.4, -0.2) is 35.0 Å². The van der Waals surface area contributed by atoms with Crippen LogP contribution in [0.1, 0.15) is 30.9 Å². The number of oxazole rings is 1. The Morgan fingerprint density at radius 3 is 2.57 bits per heavy atom. The Morgan fingerprint density at radius 2 is 1.83 bits per heavy atom. The van der Waals surface area contributed by atoms with Crippen LogP contribution in [0.4, 0.5) is 8.78 Å². The number of morpholine rings is 1. The van der Waals surface area contributed by atoms with Gasteiger partial charge in [0.25, 0.3) is 0 Å². The average Bonchev–Trinajstić information content (AvgIpc) is 3.20.